The Labute approximate surface area is 216 Å². The summed E-state index contributed by atoms with van der Waals surface area (Å²) in [4.78, 5) is 27.5. The lowest BCUT2D eigenvalue weighted by molar-refractivity contribution is -0.141. The Hall–Kier alpha value is -2.36. The molecule has 7 nitrogen and oxygen atoms in total. The number of carbonyl (C=O) groups excluding carboxylic acids is 2. The monoisotopic (exact) mass is 545 g/mol. The molecule has 0 unspecified atom stereocenters. The van der Waals surface area contributed by atoms with Crippen LogP contribution in [0, 0.1) is 5.82 Å². The third-order valence-corrected chi connectivity index (χ3v) is 7.14. The predicted octanol–water partition coefficient (Wildman–Crippen LogP) is 4.62. The molecule has 0 saturated carbocycles. The molecule has 0 fully saturated rings. The SMILES string of the molecule is CCNC(=O)[C@H](CC)N(Cc1ccc(Cl)cc1Cl)C(=O)CCCN(c1ccc(F)cc1)S(C)(=O)=O. The molecule has 0 aliphatic heterocycles. The highest BCUT2D eigenvalue weighted by atomic mass is 35.5. The van der Waals surface area contributed by atoms with Gasteiger partial charge in [0.15, 0.2) is 0 Å². The maximum atomic E-state index is 13.3. The topological polar surface area (TPSA) is 86.8 Å². The van der Waals surface area contributed by atoms with Crippen molar-refractivity contribution in [2.45, 2.75) is 45.7 Å². The lowest BCUT2D eigenvalue weighted by atomic mass is 10.1. The molecule has 0 aromatic heterocycles. The van der Waals surface area contributed by atoms with Crippen LogP contribution in [0.1, 0.15) is 38.7 Å². The van der Waals surface area contributed by atoms with Crippen molar-refractivity contribution in [3.8, 4) is 0 Å². The number of amides is 2. The molecule has 192 valence electrons. The van der Waals surface area contributed by atoms with Crippen LogP contribution >= 0.6 is 23.2 Å². The smallest absolute Gasteiger partial charge is 0.242 e. The summed E-state index contributed by atoms with van der Waals surface area (Å²) in [5.41, 5.74) is 0.941. The number of likely N-dealkylation sites (N-methyl/N-ethyl adjacent to an activating group) is 1. The van der Waals surface area contributed by atoms with Crippen LogP contribution in [0.5, 0.6) is 0 Å². The fourth-order valence-corrected chi connectivity index (χ4v) is 5.09. The van der Waals surface area contributed by atoms with Gasteiger partial charge in [-0.05, 0) is 61.7 Å². The number of sulfonamides is 1. The minimum absolute atomic E-state index is 0.00563. The van der Waals surface area contributed by atoms with E-state index in [4.69, 9.17) is 23.2 Å². The van der Waals surface area contributed by atoms with Crippen LogP contribution in [0.4, 0.5) is 10.1 Å². The van der Waals surface area contributed by atoms with Crippen LogP contribution < -0.4 is 9.62 Å². The fraction of sp³-hybridized carbons (Fsp3) is 0.417. The molecule has 2 aromatic carbocycles. The molecule has 0 aliphatic carbocycles. The highest BCUT2D eigenvalue weighted by molar-refractivity contribution is 7.92. The number of hydrogen-bond acceptors (Lipinski definition) is 4. The summed E-state index contributed by atoms with van der Waals surface area (Å²) in [5.74, 6) is -1.08. The van der Waals surface area contributed by atoms with Gasteiger partial charge in [0.2, 0.25) is 21.8 Å². The number of carbonyl (C=O) groups is 2. The first-order valence-corrected chi connectivity index (χ1v) is 13.8. The molecular weight excluding hydrogens is 516 g/mol. The van der Waals surface area contributed by atoms with Gasteiger partial charge in [0.1, 0.15) is 11.9 Å². The fourth-order valence-electron chi connectivity index (χ4n) is 3.66. The molecule has 11 heteroatoms. The third-order valence-electron chi connectivity index (χ3n) is 5.36. The summed E-state index contributed by atoms with van der Waals surface area (Å²) in [7, 11) is -3.66. The molecule has 0 spiro atoms. The molecule has 0 saturated heterocycles. The van der Waals surface area contributed by atoms with Gasteiger partial charge in [0.25, 0.3) is 0 Å². The highest BCUT2D eigenvalue weighted by Crippen LogP contribution is 2.25. The van der Waals surface area contributed by atoms with Crippen LogP contribution in [0.2, 0.25) is 10.0 Å². The Morgan fingerprint density at radius 3 is 2.29 bits per heavy atom. The van der Waals surface area contributed by atoms with Crippen LogP contribution in [0.15, 0.2) is 42.5 Å². The number of rotatable bonds is 12. The van der Waals surface area contributed by atoms with Crippen molar-refractivity contribution in [1.29, 1.82) is 0 Å². The van der Waals surface area contributed by atoms with Crippen molar-refractivity contribution >= 4 is 50.7 Å². The Morgan fingerprint density at radius 1 is 1.09 bits per heavy atom. The van der Waals surface area contributed by atoms with Gasteiger partial charge in [-0.1, -0.05) is 36.2 Å². The van der Waals surface area contributed by atoms with E-state index in [0.29, 0.717) is 34.3 Å². The average Bonchev–Trinajstić information content (AvgIpc) is 2.78. The molecule has 0 aliphatic rings. The molecular formula is C24H30Cl2FN3O4S. The minimum atomic E-state index is -3.66. The number of halogens is 3. The van der Waals surface area contributed by atoms with Gasteiger partial charge in [0, 0.05) is 36.1 Å². The Kier molecular flexibility index (Phi) is 10.8. The van der Waals surface area contributed by atoms with Gasteiger partial charge in [0.05, 0.1) is 11.9 Å². The van der Waals surface area contributed by atoms with E-state index >= 15 is 0 Å². The lowest BCUT2D eigenvalue weighted by Crippen LogP contribution is -2.49. The van der Waals surface area contributed by atoms with Gasteiger partial charge < -0.3 is 10.2 Å². The van der Waals surface area contributed by atoms with Gasteiger partial charge in [-0.15, -0.1) is 0 Å². The normalized spacial score (nSPS) is 12.2. The summed E-state index contributed by atoms with van der Waals surface area (Å²) in [6.07, 6.45) is 1.62. The second-order valence-corrected chi connectivity index (χ2v) is 10.7. The Morgan fingerprint density at radius 2 is 1.74 bits per heavy atom. The van der Waals surface area contributed by atoms with Crippen molar-refractivity contribution in [2.24, 2.45) is 0 Å². The van der Waals surface area contributed by atoms with E-state index in [1.54, 1.807) is 25.1 Å². The summed E-state index contributed by atoms with van der Waals surface area (Å²) in [5, 5.41) is 3.58. The average molecular weight is 546 g/mol. The number of anilines is 1. The first kappa shape index (κ1) is 28.9. The number of nitrogens with zero attached hydrogens (tertiary/aromatic N) is 2. The number of hydrogen-bond donors (Lipinski definition) is 1. The first-order valence-electron chi connectivity index (χ1n) is 11.2. The van der Waals surface area contributed by atoms with Crippen molar-refractivity contribution < 1.29 is 22.4 Å². The quantitative estimate of drug-likeness (QED) is 0.421. The van der Waals surface area contributed by atoms with E-state index < -0.39 is 21.9 Å². The van der Waals surface area contributed by atoms with Crippen LogP contribution in [-0.2, 0) is 26.2 Å². The number of nitrogens with one attached hydrogen (secondary N) is 1. The first-order chi connectivity index (χ1) is 16.5. The third kappa shape index (κ3) is 8.37. The largest absolute Gasteiger partial charge is 0.355 e. The number of benzene rings is 2. The van der Waals surface area contributed by atoms with E-state index in [0.717, 1.165) is 10.6 Å². The van der Waals surface area contributed by atoms with Crippen LogP contribution in [-0.4, -0.2) is 50.5 Å². The molecule has 0 radical (unpaired) electrons. The minimum Gasteiger partial charge on any atom is -0.355 e. The molecule has 35 heavy (non-hydrogen) atoms. The molecule has 2 aromatic rings. The van der Waals surface area contributed by atoms with E-state index in [9.17, 15) is 22.4 Å². The summed E-state index contributed by atoms with van der Waals surface area (Å²) < 4.78 is 39.0. The highest BCUT2D eigenvalue weighted by Gasteiger charge is 2.29. The lowest BCUT2D eigenvalue weighted by Gasteiger charge is -2.31. The molecule has 0 bridgehead atoms. The van der Waals surface area contributed by atoms with Crippen LogP contribution in [0.3, 0.4) is 0 Å². The summed E-state index contributed by atoms with van der Waals surface area (Å²) in [6.45, 7) is 4.13. The molecule has 0 heterocycles. The van der Waals surface area contributed by atoms with E-state index in [2.05, 4.69) is 5.32 Å². The van der Waals surface area contributed by atoms with Crippen molar-refractivity contribution in [2.75, 3.05) is 23.7 Å². The van der Waals surface area contributed by atoms with E-state index in [1.807, 2.05) is 6.92 Å². The maximum Gasteiger partial charge on any atom is 0.242 e. The molecule has 2 rings (SSSR count). The summed E-state index contributed by atoms with van der Waals surface area (Å²) >= 11 is 12.3. The second kappa shape index (κ2) is 13.1. The van der Waals surface area contributed by atoms with Crippen molar-refractivity contribution in [1.82, 2.24) is 10.2 Å². The maximum absolute atomic E-state index is 13.3. The molecule has 1 N–H and O–H groups in total. The summed E-state index contributed by atoms with van der Waals surface area (Å²) in [6, 6.07) is 9.30. The van der Waals surface area contributed by atoms with Gasteiger partial charge in [-0.2, -0.15) is 0 Å². The van der Waals surface area contributed by atoms with Crippen molar-refractivity contribution in [3.05, 3.63) is 63.9 Å². The molecule has 2 amide bonds. The zero-order valence-corrected chi connectivity index (χ0v) is 22.3. The zero-order valence-electron chi connectivity index (χ0n) is 19.9. The zero-order chi connectivity index (χ0) is 26.2. The second-order valence-electron chi connectivity index (χ2n) is 7.99. The van der Waals surface area contributed by atoms with Crippen LogP contribution in [0.25, 0.3) is 0 Å². The Bertz CT molecular complexity index is 1130. The van der Waals surface area contributed by atoms with Gasteiger partial charge in [-0.25, -0.2) is 12.8 Å². The van der Waals surface area contributed by atoms with Crippen molar-refractivity contribution in [3.63, 3.8) is 0 Å². The van der Waals surface area contributed by atoms with Gasteiger partial charge >= 0.3 is 0 Å². The standard InChI is InChI=1S/C24H30Cl2FN3O4S/c1-4-22(24(32)28-5-2)29(16-17-8-9-18(25)15-21(17)26)23(31)7-6-14-30(35(3,33)34)20-12-10-19(27)11-13-20/h8-13,15,22H,4-7,14,16H2,1-3H3,(H,28,32)/t22-/m0/s1. The predicted molar refractivity (Wildman–Crippen MR) is 138 cm³/mol. The molecule has 1 atom stereocenters. The van der Waals surface area contributed by atoms with Gasteiger partial charge in [-0.3, -0.25) is 13.9 Å². The van der Waals surface area contributed by atoms with E-state index in [1.165, 1.54) is 29.2 Å². The Balaban J connectivity index is 2.23. The van der Waals surface area contributed by atoms with E-state index in [-0.39, 0.29) is 37.7 Å².